The van der Waals surface area contributed by atoms with Gasteiger partial charge in [-0.3, -0.25) is 0 Å². The lowest BCUT2D eigenvalue weighted by molar-refractivity contribution is -0.155. The van der Waals surface area contributed by atoms with Crippen LogP contribution in [0.5, 0.6) is 17.2 Å². The van der Waals surface area contributed by atoms with Crippen molar-refractivity contribution in [2.24, 2.45) is 5.16 Å². The van der Waals surface area contributed by atoms with Gasteiger partial charge in [0, 0.05) is 5.56 Å². The molecule has 0 fully saturated rings. The Bertz CT molecular complexity index is 909. The molecule has 0 aliphatic heterocycles. The first-order chi connectivity index (χ1) is 14.8. The van der Waals surface area contributed by atoms with E-state index in [1.54, 1.807) is 39.2 Å². The number of rotatable bonds is 10. The van der Waals surface area contributed by atoms with Gasteiger partial charge in [0.2, 0.25) is 6.10 Å². The fraction of sp³-hybridized carbons (Fsp3) is 0.391. The Morgan fingerprint density at radius 1 is 1.13 bits per heavy atom. The summed E-state index contributed by atoms with van der Waals surface area (Å²) in [5, 5.41) is 4.43. The van der Waals surface area contributed by atoms with E-state index >= 15 is 0 Å². The number of benzene rings is 2. The molecule has 2 aromatic carbocycles. The summed E-state index contributed by atoms with van der Waals surface area (Å²) in [7, 11) is 1.65. The minimum absolute atomic E-state index is 0.274. The number of carbonyl (C=O) groups excluding carboxylic acids is 1. The summed E-state index contributed by atoms with van der Waals surface area (Å²) in [4.78, 5) is 16.6. The summed E-state index contributed by atoms with van der Waals surface area (Å²) in [6.45, 7) is 7.78. The molecule has 2 rings (SSSR count). The van der Waals surface area contributed by atoms with Crippen LogP contribution in [0.15, 0.2) is 35.5 Å². The number of hydrogen-bond acceptors (Lipinski definition) is 6. The predicted molar refractivity (Wildman–Crippen MR) is 123 cm³/mol. The zero-order chi connectivity index (χ0) is 23.0. The molecule has 2 aromatic rings. The van der Waals surface area contributed by atoms with Crippen molar-refractivity contribution in [3.8, 4) is 17.2 Å². The molecule has 168 valence electrons. The van der Waals surface area contributed by atoms with Crippen LogP contribution in [0.3, 0.4) is 0 Å². The van der Waals surface area contributed by atoms with Crippen LogP contribution in [0.25, 0.3) is 0 Å². The highest BCUT2D eigenvalue weighted by molar-refractivity contribution is 6.37. The number of hydrogen-bond donors (Lipinski definition) is 0. The smallest absolute Gasteiger partial charge is 0.349 e. The second kappa shape index (κ2) is 11.8. The van der Waals surface area contributed by atoms with E-state index in [4.69, 9.17) is 42.3 Å². The Labute approximate surface area is 193 Å². The molecule has 0 aliphatic rings. The molecule has 0 bridgehead atoms. The van der Waals surface area contributed by atoms with E-state index in [2.05, 4.69) is 19.0 Å². The molecule has 2 unspecified atom stereocenters. The average Bonchev–Trinajstić information content (AvgIpc) is 2.75. The molecule has 0 aliphatic carbocycles. The maximum absolute atomic E-state index is 11.5. The van der Waals surface area contributed by atoms with Gasteiger partial charge in [0.1, 0.15) is 11.5 Å². The normalized spacial score (nSPS) is 13.0. The highest BCUT2D eigenvalue weighted by Gasteiger charge is 2.16. The van der Waals surface area contributed by atoms with Crippen molar-refractivity contribution >= 4 is 35.4 Å². The monoisotopic (exact) mass is 467 g/mol. The molecule has 0 saturated heterocycles. The molecule has 31 heavy (non-hydrogen) atoms. The van der Waals surface area contributed by atoms with Crippen molar-refractivity contribution in [3.63, 3.8) is 0 Å². The zero-order valence-corrected chi connectivity index (χ0v) is 19.8. The van der Waals surface area contributed by atoms with E-state index in [9.17, 15) is 4.79 Å². The van der Waals surface area contributed by atoms with Gasteiger partial charge in [0.15, 0.2) is 5.75 Å². The third kappa shape index (κ3) is 6.77. The summed E-state index contributed by atoms with van der Waals surface area (Å²) in [5.74, 6) is 1.56. The fourth-order valence-electron chi connectivity index (χ4n) is 2.74. The number of ether oxygens (including phenoxy) is 3. The first-order valence-corrected chi connectivity index (χ1v) is 10.8. The van der Waals surface area contributed by atoms with Crippen LogP contribution >= 0.6 is 23.2 Å². The van der Waals surface area contributed by atoms with E-state index in [-0.39, 0.29) is 6.61 Å². The molecule has 0 saturated carbocycles. The maximum atomic E-state index is 11.5. The number of oxime groups is 1. The molecular weight excluding hydrogens is 441 g/mol. The van der Waals surface area contributed by atoms with Gasteiger partial charge in [-0.05, 0) is 62.1 Å². The molecule has 0 radical (unpaired) electrons. The van der Waals surface area contributed by atoms with Crippen molar-refractivity contribution in [1.82, 2.24) is 0 Å². The fourth-order valence-corrected chi connectivity index (χ4v) is 3.32. The minimum atomic E-state index is -0.820. The standard InChI is InChI=1S/C23H27Cl2NO5/c1-6-14(3)18-12-17(8-9-21(18)28-5)30-22-19(24)10-16(11-20(22)25)13-26-31-15(4)23(27)29-7-2/h8-15H,6-7H2,1-5H3/b26-13+. The lowest BCUT2D eigenvalue weighted by Crippen LogP contribution is -2.21. The Morgan fingerprint density at radius 3 is 2.39 bits per heavy atom. The topological polar surface area (TPSA) is 66.4 Å². The van der Waals surface area contributed by atoms with Crippen LogP contribution in [0.1, 0.15) is 51.2 Å². The Balaban J connectivity index is 2.18. The van der Waals surface area contributed by atoms with E-state index in [1.807, 2.05) is 12.1 Å². The van der Waals surface area contributed by atoms with Crippen LogP contribution < -0.4 is 9.47 Å². The third-order valence-corrected chi connectivity index (χ3v) is 5.19. The molecule has 0 amide bonds. The molecule has 0 aromatic heterocycles. The van der Waals surface area contributed by atoms with Crippen LogP contribution in [0.2, 0.25) is 10.0 Å². The Morgan fingerprint density at radius 2 is 1.81 bits per heavy atom. The average molecular weight is 468 g/mol. The first kappa shape index (κ1) is 24.8. The predicted octanol–water partition coefficient (Wildman–Crippen LogP) is 6.61. The van der Waals surface area contributed by atoms with Gasteiger partial charge in [-0.2, -0.15) is 0 Å². The quantitative estimate of drug-likeness (QED) is 0.223. The van der Waals surface area contributed by atoms with Gasteiger partial charge in [-0.25, -0.2) is 4.79 Å². The van der Waals surface area contributed by atoms with Gasteiger partial charge >= 0.3 is 5.97 Å². The van der Waals surface area contributed by atoms with Crippen molar-refractivity contribution in [2.45, 2.75) is 46.1 Å². The highest BCUT2D eigenvalue weighted by atomic mass is 35.5. The lowest BCUT2D eigenvalue weighted by Gasteiger charge is -2.17. The molecular formula is C23H27Cl2NO5. The molecule has 0 spiro atoms. The summed E-state index contributed by atoms with van der Waals surface area (Å²) in [6, 6.07) is 8.88. The van der Waals surface area contributed by atoms with Crippen LogP contribution in [0, 0.1) is 0 Å². The van der Waals surface area contributed by atoms with Gasteiger partial charge in [-0.1, -0.05) is 42.2 Å². The molecule has 6 nitrogen and oxygen atoms in total. The van der Waals surface area contributed by atoms with Gasteiger partial charge in [0.05, 0.1) is 30.0 Å². The van der Waals surface area contributed by atoms with E-state index < -0.39 is 12.1 Å². The number of esters is 1. The molecule has 2 atom stereocenters. The summed E-state index contributed by atoms with van der Waals surface area (Å²) >= 11 is 12.8. The van der Waals surface area contributed by atoms with E-state index in [1.165, 1.54) is 6.21 Å². The zero-order valence-electron chi connectivity index (χ0n) is 18.3. The second-order valence-electron chi connectivity index (χ2n) is 6.86. The van der Waals surface area contributed by atoms with Crippen LogP contribution in [-0.2, 0) is 14.4 Å². The third-order valence-electron chi connectivity index (χ3n) is 4.62. The van der Waals surface area contributed by atoms with Gasteiger partial charge in [0.25, 0.3) is 0 Å². The van der Waals surface area contributed by atoms with Crippen LogP contribution in [0.4, 0.5) is 0 Å². The molecule has 0 N–H and O–H groups in total. The summed E-state index contributed by atoms with van der Waals surface area (Å²) in [6.07, 6.45) is 1.55. The summed E-state index contributed by atoms with van der Waals surface area (Å²) < 4.78 is 16.3. The number of methoxy groups -OCH3 is 1. The Kier molecular flexibility index (Phi) is 9.46. The van der Waals surface area contributed by atoms with Crippen molar-refractivity contribution < 1.29 is 23.8 Å². The van der Waals surface area contributed by atoms with E-state index in [0.717, 1.165) is 17.7 Å². The number of carbonyl (C=O) groups is 1. The molecule has 8 heteroatoms. The summed E-state index contributed by atoms with van der Waals surface area (Å²) in [5.41, 5.74) is 1.64. The maximum Gasteiger partial charge on any atom is 0.349 e. The number of nitrogens with zero attached hydrogens (tertiary/aromatic N) is 1. The SMILES string of the molecule is CCOC(=O)C(C)O/N=C/c1cc(Cl)c(Oc2ccc(OC)c(C(C)CC)c2)c(Cl)c1. The minimum Gasteiger partial charge on any atom is -0.496 e. The lowest BCUT2D eigenvalue weighted by atomic mass is 9.97. The van der Waals surface area contributed by atoms with Gasteiger partial charge in [-0.15, -0.1) is 0 Å². The molecule has 0 heterocycles. The largest absolute Gasteiger partial charge is 0.496 e. The Hall–Kier alpha value is -2.44. The number of halogens is 2. The van der Waals surface area contributed by atoms with Crippen molar-refractivity contribution in [3.05, 3.63) is 51.5 Å². The second-order valence-corrected chi connectivity index (χ2v) is 7.68. The van der Waals surface area contributed by atoms with Gasteiger partial charge < -0.3 is 19.0 Å². The highest BCUT2D eigenvalue weighted by Crippen LogP contribution is 2.39. The van der Waals surface area contributed by atoms with Crippen molar-refractivity contribution in [2.75, 3.05) is 13.7 Å². The van der Waals surface area contributed by atoms with Crippen molar-refractivity contribution in [1.29, 1.82) is 0 Å². The van der Waals surface area contributed by atoms with E-state index in [0.29, 0.717) is 33.0 Å². The first-order valence-electron chi connectivity index (χ1n) is 10.0. The van der Waals surface area contributed by atoms with Crippen LogP contribution in [-0.4, -0.2) is 32.0 Å².